The van der Waals surface area contributed by atoms with E-state index in [-0.39, 0.29) is 17.1 Å². The van der Waals surface area contributed by atoms with Crippen molar-refractivity contribution in [1.29, 1.82) is 0 Å². The van der Waals surface area contributed by atoms with E-state index in [1.54, 1.807) is 18.9 Å². The van der Waals surface area contributed by atoms with E-state index in [1.165, 1.54) is 0 Å². The molecule has 0 spiro atoms. The first-order valence-electron chi connectivity index (χ1n) is 3.60. The van der Waals surface area contributed by atoms with Gasteiger partial charge in [0.1, 0.15) is 6.61 Å². The van der Waals surface area contributed by atoms with Crippen molar-refractivity contribution in [2.45, 2.75) is 25.5 Å². The monoisotopic (exact) mass is 176 g/mol. The number of carbonyl (C=O) groups excluding carboxylic acids is 1. The highest BCUT2D eigenvalue weighted by molar-refractivity contribution is 8.01. The fourth-order valence-corrected chi connectivity index (χ4v) is 1.18. The fourth-order valence-electron chi connectivity index (χ4n) is 0.500. The molecule has 0 unspecified atom stereocenters. The lowest BCUT2D eigenvalue weighted by Crippen LogP contribution is -2.15. The normalized spacial score (nSPS) is 11.6. The van der Waals surface area contributed by atoms with Crippen molar-refractivity contribution < 1.29 is 9.53 Å². The number of ketones is 1. The predicted octanol–water partition coefficient (Wildman–Crippen LogP) is 1.73. The zero-order valence-corrected chi connectivity index (χ0v) is 8.46. The van der Waals surface area contributed by atoms with Crippen molar-refractivity contribution in [3.63, 3.8) is 0 Å². The number of Topliss-reactive ketones (excluding diaryl/α,β-unsaturated/α-hetero) is 1. The van der Waals surface area contributed by atoms with Crippen molar-refractivity contribution in [2.75, 3.05) is 19.5 Å². The third kappa shape index (κ3) is 7.88. The van der Waals surface area contributed by atoms with Gasteiger partial charge in [-0.1, -0.05) is 20.8 Å². The summed E-state index contributed by atoms with van der Waals surface area (Å²) in [6.07, 6.45) is 0. The molecule has 0 N–H and O–H groups in total. The van der Waals surface area contributed by atoms with Crippen molar-refractivity contribution in [1.82, 2.24) is 0 Å². The average molecular weight is 176 g/mol. The molecule has 0 aromatic heterocycles. The number of methoxy groups -OCH3 is 1. The minimum Gasteiger partial charge on any atom is -0.377 e. The van der Waals surface area contributed by atoms with Gasteiger partial charge in [-0.15, -0.1) is 11.8 Å². The van der Waals surface area contributed by atoms with Crippen LogP contribution in [0.1, 0.15) is 20.8 Å². The van der Waals surface area contributed by atoms with Crippen LogP contribution >= 0.6 is 11.8 Å². The fraction of sp³-hybridized carbons (Fsp3) is 0.875. The molecule has 0 fully saturated rings. The van der Waals surface area contributed by atoms with Crippen LogP contribution in [0.2, 0.25) is 0 Å². The first kappa shape index (κ1) is 11.0. The second kappa shape index (κ2) is 4.78. The lowest BCUT2D eigenvalue weighted by atomic mass is 10.3. The zero-order valence-electron chi connectivity index (χ0n) is 7.64. The van der Waals surface area contributed by atoms with Crippen LogP contribution in [0.4, 0.5) is 0 Å². The van der Waals surface area contributed by atoms with E-state index < -0.39 is 0 Å². The largest absolute Gasteiger partial charge is 0.377 e. The lowest BCUT2D eigenvalue weighted by Gasteiger charge is -2.16. The Kier molecular flexibility index (Phi) is 4.77. The molecule has 0 saturated carbocycles. The van der Waals surface area contributed by atoms with Gasteiger partial charge in [0.15, 0.2) is 5.78 Å². The summed E-state index contributed by atoms with van der Waals surface area (Å²) in [6, 6.07) is 0. The van der Waals surface area contributed by atoms with Crippen molar-refractivity contribution >= 4 is 17.5 Å². The zero-order chi connectivity index (χ0) is 8.91. The molecule has 0 radical (unpaired) electrons. The number of rotatable bonds is 4. The minimum atomic E-state index is 0.160. The van der Waals surface area contributed by atoms with Gasteiger partial charge in [0.05, 0.1) is 5.75 Å². The molecule has 0 bridgehead atoms. The highest BCUT2D eigenvalue weighted by atomic mass is 32.2. The molecule has 0 aliphatic heterocycles. The molecule has 0 aromatic rings. The summed E-state index contributed by atoms with van der Waals surface area (Å²) in [6.45, 7) is 6.52. The second-order valence-electron chi connectivity index (χ2n) is 3.37. The van der Waals surface area contributed by atoms with E-state index in [0.29, 0.717) is 5.75 Å². The van der Waals surface area contributed by atoms with E-state index in [2.05, 4.69) is 20.8 Å². The van der Waals surface area contributed by atoms with Gasteiger partial charge in [-0.25, -0.2) is 0 Å². The Bertz CT molecular complexity index is 127. The molecule has 0 aliphatic rings. The number of ether oxygens (including phenoxy) is 1. The standard InChI is InChI=1S/C8H16O2S/c1-8(2,3)11-6-7(9)5-10-4/h5-6H2,1-4H3. The molecular weight excluding hydrogens is 160 g/mol. The molecule has 0 heterocycles. The summed E-state index contributed by atoms with van der Waals surface area (Å²) in [7, 11) is 1.54. The summed E-state index contributed by atoms with van der Waals surface area (Å²) in [5.74, 6) is 0.713. The third-order valence-corrected chi connectivity index (χ3v) is 2.30. The molecule has 66 valence electrons. The van der Waals surface area contributed by atoms with Gasteiger partial charge in [0.25, 0.3) is 0 Å². The third-order valence-electron chi connectivity index (χ3n) is 0.971. The van der Waals surface area contributed by atoms with E-state index in [0.717, 1.165) is 0 Å². The van der Waals surface area contributed by atoms with Gasteiger partial charge in [0, 0.05) is 11.9 Å². The van der Waals surface area contributed by atoms with Crippen LogP contribution < -0.4 is 0 Å². The molecule has 11 heavy (non-hydrogen) atoms. The second-order valence-corrected chi connectivity index (χ2v) is 5.17. The van der Waals surface area contributed by atoms with Crippen molar-refractivity contribution in [3.05, 3.63) is 0 Å². The Labute approximate surface area is 72.7 Å². The maximum Gasteiger partial charge on any atom is 0.168 e. The molecule has 0 aliphatic carbocycles. The Balaban J connectivity index is 3.46. The molecular formula is C8H16O2S. The predicted molar refractivity (Wildman–Crippen MR) is 49.1 cm³/mol. The van der Waals surface area contributed by atoms with Gasteiger partial charge in [0.2, 0.25) is 0 Å². The van der Waals surface area contributed by atoms with Crippen molar-refractivity contribution in [2.24, 2.45) is 0 Å². The summed E-state index contributed by atoms with van der Waals surface area (Å²) in [4.78, 5) is 10.9. The van der Waals surface area contributed by atoms with Crippen LogP contribution in [0, 0.1) is 0 Å². The number of thioether (sulfide) groups is 1. The van der Waals surface area contributed by atoms with E-state index >= 15 is 0 Å². The van der Waals surface area contributed by atoms with Gasteiger partial charge in [-0.2, -0.15) is 0 Å². The average Bonchev–Trinajstić information content (AvgIpc) is 1.83. The summed E-state index contributed by atoms with van der Waals surface area (Å²) >= 11 is 1.65. The molecule has 3 heteroatoms. The van der Waals surface area contributed by atoms with Crippen molar-refractivity contribution in [3.8, 4) is 0 Å². The number of hydrogen-bond acceptors (Lipinski definition) is 3. The molecule has 2 nitrogen and oxygen atoms in total. The Hall–Kier alpha value is -0.0200. The topological polar surface area (TPSA) is 26.3 Å². The summed E-state index contributed by atoms with van der Waals surface area (Å²) in [5, 5.41) is 0. The Morgan fingerprint density at radius 2 is 2.00 bits per heavy atom. The highest BCUT2D eigenvalue weighted by Gasteiger charge is 2.12. The first-order valence-corrected chi connectivity index (χ1v) is 4.59. The quantitative estimate of drug-likeness (QED) is 0.652. The lowest BCUT2D eigenvalue weighted by molar-refractivity contribution is -0.120. The van der Waals surface area contributed by atoms with Crippen LogP contribution in [-0.4, -0.2) is 30.0 Å². The molecule has 0 atom stereocenters. The molecule has 0 rings (SSSR count). The Morgan fingerprint density at radius 1 is 1.45 bits per heavy atom. The molecule has 0 aromatic carbocycles. The maximum absolute atomic E-state index is 10.9. The molecule has 0 saturated heterocycles. The summed E-state index contributed by atoms with van der Waals surface area (Å²) < 4.78 is 4.88. The van der Waals surface area contributed by atoms with Crippen LogP contribution in [0.5, 0.6) is 0 Å². The van der Waals surface area contributed by atoms with Gasteiger partial charge in [-0.3, -0.25) is 4.79 Å². The highest BCUT2D eigenvalue weighted by Crippen LogP contribution is 2.22. The van der Waals surface area contributed by atoms with Gasteiger partial charge < -0.3 is 4.74 Å². The smallest absolute Gasteiger partial charge is 0.168 e. The van der Waals surface area contributed by atoms with E-state index in [1.807, 2.05) is 0 Å². The number of hydrogen-bond donors (Lipinski definition) is 0. The van der Waals surface area contributed by atoms with Gasteiger partial charge >= 0.3 is 0 Å². The van der Waals surface area contributed by atoms with Crippen LogP contribution in [0.3, 0.4) is 0 Å². The minimum absolute atomic E-state index is 0.160. The van der Waals surface area contributed by atoms with E-state index in [9.17, 15) is 4.79 Å². The SMILES string of the molecule is COCC(=O)CSC(C)(C)C. The van der Waals surface area contributed by atoms with Crippen LogP contribution in [-0.2, 0) is 9.53 Å². The van der Waals surface area contributed by atoms with E-state index in [4.69, 9.17) is 4.74 Å². The molecule has 0 amide bonds. The summed E-state index contributed by atoms with van der Waals surface area (Å²) in [5.41, 5.74) is 0. The first-order chi connectivity index (χ1) is 4.95. The van der Waals surface area contributed by atoms with Gasteiger partial charge in [-0.05, 0) is 0 Å². The number of carbonyl (C=O) groups is 1. The Morgan fingerprint density at radius 3 is 2.36 bits per heavy atom. The maximum atomic E-state index is 10.9. The van der Waals surface area contributed by atoms with Crippen LogP contribution in [0.25, 0.3) is 0 Å². The van der Waals surface area contributed by atoms with Crippen LogP contribution in [0.15, 0.2) is 0 Å².